The summed E-state index contributed by atoms with van der Waals surface area (Å²) < 4.78 is 0. The van der Waals surface area contributed by atoms with Gasteiger partial charge in [0.15, 0.2) is 5.65 Å². The zero-order chi connectivity index (χ0) is 8.84. The average Bonchev–Trinajstić information content (AvgIpc) is 2.66. The molecule has 68 valence electrons. The maximum Gasteiger partial charge on any atom is 0.161 e. The van der Waals surface area contributed by atoms with Crippen LogP contribution in [-0.4, -0.2) is 15.2 Å². The van der Waals surface area contributed by atoms with Gasteiger partial charge in [-0.25, -0.2) is 0 Å². The zero-order valence-electron chi connectivity index (χ0n) is 7.35. The van der Waals surface area contributed by atoms with Crippen LogP contribution >= 0.6 is 0 Å². The Hall–Kier alpha value is -1.45. The number of nitrogens with one attached hydrogen (secondary N) is 2. The van der Waals surface area contributed by atoms with Crippen LogP contribution in [0.25, 0.3) is 11.0 Å². The molecule has 1 aliphatic carbocycles. The van der Waals surface area contributed by atoms with Crippen LogP contribution in [0.1, 0.15) is 24.1 Å². The molecule has 2 aromatic heterocycles. The van der Waals surface area contributed by atoms with Crippen LogP contribution < -0.4 is 5.73 Å². The molecule has 0 aliphatic heterocycles. The molecule has 4 heteroatoms. The second-order valence-electron chi connectivity index (χ2n) is 3.65. The molecule has 4 nitrogen and oxygen atoms in total. The van der Waals surface area contributed by atoms with Crippen molar-refractivity contribution >= 4 is 16.9 Å². The van der Waals surface area contributed by atoms with Gasteiger partial charge in [-0.15, -0.1) is 0 Å². The van der Waals surface area contributed by atoms with Gasteiger partial charge in [-0.05, 0) is 31.2 Å². The first-order valence-electron chi connectivity index (χ1n) is 4.69. The summed E-state index contributed by atoms with van der Waals surface area (Å²) in [6.45, 7) is 0. The van der Waals surface area contributed by atoms with Crippen LogP contribution in [0.4, 0.5) is 5.82 Å². The van der Waals surface area contributed by atoms with Gasteiger partial charge in [0.05, 0.1) is 5.39 Å². The molecule has 2 aromatic rings. The van der Waals surface area contributed by atoms with E-state index < -0.39 is 0 Å². The quantitative estimate of drug-likeness (QED) is 0.567. The second-order valence-corrected chi connectivity index (χ2v) is 3.65. The SMILES string of the molecule is Nc1[nH]nc2[nH]c3c(c12)CCCC3. The lowest BCUT2D eigenvalue weighted by Gasteiger charge is -2.10. The molecule has 0 bridgehead atoms. The van der Waals surface area contributed by atoms with Gasteiger partial charge in [-0.2, -0.15) is 5.10 Å². The number of hydrogen-bond acceptors (Lipinski definition) is 2. The van der Waals surface area contributed by atoms with Gasteiger partial charge in [-0.1, -0.05) is 0 Å². The first-order valence-corrected chi connectivity index (χ1v) is 4.69. The zero-order valence-corrected chi connectivity index (χ0v) is 7.35. The number of anilines is 1. The van der Waals surface area contributed by atoms with E-state index >= 15 is 0 Å². The normalized spacial score (nSPS) is 16.3. The Morgan fingerprint density at radius 3 is 3.00 bits per heavy atom. The third-order valence-electron chi connectivity index (χ3n) is 2.83. The third-order valence-corrected chi connectivity index (χ3v) is 2.83. The van der Waals surface area contributed by atoms with Gasteiger partial charge in [0, 0.05) is 5.69 Å². The van der Waals surface area contributed by atoms with Crippen molar-refractivity contribution in [2.75, 3.05) is 5.73 Å². The van der Waals surface area contributed by atoms with E-state index in [4.69, 9.17) is 5.73 Å². The first-order chi connectivity index (χ1) is 6.36. The van der Waals surface area contributed by atoms with E-state index in [1.165, 1.54) is 24.1 Å². The van der Waals surface area contributed by atoms with Crippen molar-refractivity contribution in [2.24, 2.45) is 0 Å². The lowest BCUT2D eigenvalue weighted by atomic mass is 9.96. The van der Waals surface area contributed by atoms with Crippen molar-refractivity contribution in [1.82, 2.24) is 15.2 Å². The van der Waals surface area contributed by atoms with E-state index in [9.17, 15) is 0 Å². The van der Waals surface area contributed by atoms with E-state index in [1.54, 1.807) is 0 Å². The maximum absolute atomic E-state index is 5.81. The van der Waals surface area contributed by atoms with E-state index in [2.05, 4.69) is 15.2 Å². The molecule has 0 fully saturated rings. The smallest absolute Gasteiger partial charge is 0.161 e. The van der Waals surface area contributed by atoms with E-state index in [0.717, 1.165) is 23.9 Å². The number of H-pyrrole nitrogens is 2. The molecule has 0 aromatic carbocycles. The number of hydrogen-bond donors (Lipinski definition) is 3. The van der Waals surface area contributed by atoms with Gasteiger partial charge in [0.25, 0.3) is 0 Å². The van der Waals surface area contributed by atoms with Gasteiger partial charge in [-0.3, -0.25) is 5.10 Å². The number of nitrogens with zero attached hydrogens (tertiary/aromatic N) is 1. The average molecular weight is 176 g/mol. The van der Waals surface area contributed by atoms with E-state index in [-0.39, 0.29) is 0 Å². The summed E-state index contributed by atoms with van der Waals surface area (Å²) >= 11 is 0. The molecular weight excluding hydrogens is 164 g/mol. The highest BCUT2D eigenvalue weighted by molar-refractivity contribution is 5.91. The van der Waals surface area contributed by atoms with Crippen LogP contribution in [0, 0.1) is 0 Å². The fourth-order valence-corrected chi connectivity index (χ4v) is 2.21. The van der Waals surface area contributed by atoms with Crippen LogP contribution in [-0.2, 0) is 12.8 Å². The molecule has 0 unspecified atom stereocenters. The minimum atomic E-state index is 0.703. The van der Waals surface area contributed by atoms with E-state index in [1.807, 2.05) is 0 Å². The fourth-order valence-electron chi connectivity index (χ4n) is 2.21. The van der Waals surface area contributed by atoms with Crippen molar-refractivity contribution in [3.05, 3.63) is 11.3 Å². The van der Waals surface area contributed by atoms with Crippen molar-refractivity contribution in [3.8, 4) is 0 Å². The Labute approximate surface area is 75.5 Å². The molecule has 13 heavy (non-hydrogen) atoms. The van der Waals surface area contributed by atoms with Gasteiger partial charge < -0.3 is 10.7 Å². The summed E-state index contributed by atoms with van der Waals surface area (Å²) in [7, 11) is 0. The summed E-state index contributed by atoms with van der Waals surface area (Å²) in [6, 6.07) is 0. The molecular formula is C9H12N4. The maximum atomic E-state index is 5.81. The number of rotatable bonds is 0. The molecule has 0 radical (unpaired) electrons. The summed E-state index contributed by atoms with van der Waals surface area (Å²) in [6.07, 6.45) is 4.83. The van der Waals surface area contributed by atoms with Gasteiger partial charge >= 0.3 is 0 Å². The second kappa shape index (κ2) is 2.28. The van der Waals surface area contributed by atoms with Crippen LogP contribution in [0.3, 0.4) is 0 Å². The highest BCUT2D eigenvalue weighted by Gasteiger charge is 2.18. The minimum Gasteiger partial charge on any atom is -0.384 e. The van der Waals surface area contributed by atoms with Gasteiger partial charge in [0.1, 0.15) is 5.82 Å². The van der Waals surface area contributed by atoms with Crippen molar-refractivity contribution in [1.29, 1.82) is 0 Å². The molecule has 1 aliphatic rings. The van der Waals surface area contributed by atoms with Crippen molar-refractivity contribution < 1.29 is 0 Å². The molecule has 0 saturated carbocycles. The monoisotopic (exact) mass is 176 g/mol. The Morgan fingerprint density at radius 2 is 2.08 bits per heavy atom. The Morgan fingerprint density at radius 1 is 1.23 bits per heavy atom. The molecule has 3 rings (SSSR count). The van der Waals surface area contributed by atoms with Crippen LogP contribution in [0.5, 0.6) is 0 Å². The minimum absolute atomic E-state index is 0.703. The van der Waals surface area contributed by atoms with Crippen molar-refractivity contribution in [3.63, 3.8) is 0 Å². The number of nitrogens with two attached hydrogens (primary N) is 1. The van der Waals surface area contributed by atoms with Crippen molar-refractivity contribution in [2.45, 2.75) is 25.7 Å². The Kier molecular flexibility index (Phi) is 1.23. The number of aryl methyl sites for hydroxylation is 2. The largest absolute Gasteiger partial charge is 0.384 e. The molecule has 0 amide bonds. The Bertz CT molecular complexity index is 451. The van der Waals surface area contributed by atoms with E-state index in [0.29, 0.717) is 5.82 Å². The number of fused-ring (bicyclic) bond motifs is 3. The summed E-state index contributed by atoms with van der Waals surface area (Å²) in [5.74, 6) is 0.703. The van der Waals surface area contributed by atoms with Crippen LogP contribution in [0.15, 0.2) is 0 Å². The summed E-state index contributed by atoms with van der Waals surface area (Å²) in [5.41, 5.74) is 9.45. The highest BCUT2D eigenvalue weighted by atomic mass is 15.2. The predicted octanol–water partition coefficient (Wildman–Crippen LogP) is 1.35. The third kappa shape index (κ3) is 0.826. The molecule has 0 atom stereocenters. The number of aromatic nitrogens is 3. The topological polar surface area (TPSA) is 70.5 Å². The molecule has 0 saturated heterocycles. The summed E-state index contributed by atoms with van der Waals surface area (Å²) in [4.78, 5) is 3.31. The summed E-state index contributed by atoms with van der Waals surface area (Å²) in [5, 5.41) is 8.04. The number of nitrogen functional groups attached to an aromatic ring is 1. The Balaban J connectivity index is 2.36. The number of aromatic amines is 2. The van der Waals surface area contributed by atoms with Gasteiger partial charge in [0.2, 0.25) is 0 Å². The standard InChI is InChI=1S/C9H12N4/c10-8-7-5-3-1-2-4-6(5)11-9(7)13-12-8/h1-4H2,(H4,10,11,12,13). The van der Waals surface area contributed by atoms with Crippen LogP contribution in [0.2, 0.25) is 0 Å². The molecule has 4 N–H and O–H groups in total. The first kappa shape index (κ1) is 7.00. The molecule has 0 spiro atoms. The molecule has 2 heterocycles. The predicted molar refractivity (Wildman–Crippen MR) is 51.5 cm³/mol. The lowest BCUT2D eigenvalue weighted by Crippen LogP contribution is -2.01. The highest BCUT2D eigenvalue weighted by Crippen LogP contribution is 2.30. The fraction of sp³-hybridized carbons (Fsp3) is 0.444. The lowest BCUT2D eigenvalue weighted by molar-refractivity contribution is 0.679.